The van der Waals surface area contributed by atoms with E-state index in [0.29, 0.717) is 37.2 Å². The SMILES string of the molecule is C=C1C(=C/C=C2\CCC[C@]3(C)[C@@H]([C@H](C)/C=C/[C@@H](O)C4(/C=C/C(=O)OCC)CC4)CC[C@@H]23)C[C@@H](O)C[C@@H]1O. The number of aliphatic hydroxyl groups is 3. The van der Waals surface area contributed by atoms with Crippen molar-refractivity contribution >= 4 is 5.97 Å². The quantitative estimate of drug-likeness (QED) is 0.225. The molecular weight excluding hydrogens is 464 g/mol. The summed E-state index contributed by atoms with van der Waals surface area (Å²) in [6.07, 6.45) is 18.6. The van der Waals surface area contributed by atoms with Crippen molar-refractivity contribution in [2.24, 2.45) is 28.6 Å². The number of aliphatic hydroxyl groups excluding tert-OH is 3. The van der Waals surface area contributed by atoms with E-state index in [1.165, 1.54) is 37.3 Å². The number of carbonyl (C=O) groups is 1. The molecule has 0 bridgehead atoms. The van der Waals surface area contributed by atoms with Gasteiger partial charge in [0.05, 0.1) is 24.9 Å². The first-order valence-corrected chi connectivity index (χ1v) is 14.3. The van der Waals surface area contributed by atoms with Gasteiger partial charge in [-0.25, -0.2) is 4.79 Å². The maximum atomic E-state index is 11.7. The topological polar surface area (TPSA) is 87.0 Å². The Bertz CT molecular complexity index is 983. The standard InChI is InChI=1S/C32H46O5/c1-5-37-30(36)14-16-32(17-18-32)29(35)13-8-21(2)26-11-12-27-23(7-6-15-31(26,27)4)9-10-24-19-25(33)20-28(34)22(24)3/h8-10,13-14,16,21,25-29,33-35H,3,5-7,11-12,15,17-20H2,1-2,4H3/b13-8+,16-14+,23-9+,24-10?/t21-,25-,26-,27+,28+,29-,31-/m1/s1. The summed E-state index contributed by atoms with van der Waals surface area (Å²) in [5.74, 6) is 1.10. The summed E-state index contributed by atoms with van der Waals surface area (Å²) in [7, 11) is 0. The molecule has 4 saturated carbocycles. The molecule has 0 unspecified atom stereocenters. The zero-order chi connectivity index (χ0) is 26.8. The number of allylic oxidation sites excluding steroid dienone is 4. The van der Waals surface area contributed by atoms with Crippen molar-refractivity contribution in [3.05, 3.63) is 59.8 Å². The van der Waals surface area contributed by atoms with Gasteiger partial charge in [0, 0.05) is 17.9 Å². The van der Waals surface area contributed by atoms with Gasteiger partial charge >= 0.3 is 5.97 Å². The van der Waals surface area contributed by atoms with Gasteiger partial charge in [-0.2, -0.15) is 0 Å². The van der Waals surface area contributed by atoms with Gasteiger partial charge in [0.1, 0.15) is 0 Å². The molecule has 0 aliphatic heterocycles. The van der Waals surface area contributed by atoms with E-state index in [1.807, 2.05) is 12.2 Å². The van der Waals surface area contributed by atoms with Crippen LogP contribution in [0.5, 0.6) is 0 Å². The Hall–Kier alpha value is -1.95. The van der Waals surface area contributed by atoms with E-state index in [9.17, 15) is 20.1 Å². The van der Waals surface area contributed by atoms with Gasteiger partial charge in [-0.3, -0.25) is 0 Å². The zero-order valence-electron chi connectivity index (χ0n) is 22.9. The second-order valence-electron chi connectivity index (χ2n) is 12.2. The van der Waals surface area contributed by atoms with Crippen LogP contribution < -0.4 is 0 Å². The predicted molar refractivity (Wildman–Crippen MR) is 146 cm³/mol. The van der Waals surface area contributed by atoms with Crippen molar-refractivity contribution in [1.29, 1.82) is 0 Å². The van der Waals surface area contributed by atoms with Gasteiger partial charge in [0.25, 0.3) is 0 Å². The lowest BCUT2D eigenvalue weighted by Gasteiger charge is -2.44. The third-order valence-corrected chi connectivity index (χ3v) is 9.79. The number of fused-ring (bicyclic) bond motifs is 1. The molecule has 204 valence electrons. The summed E-state index contributed by atoms with van der Waals surface area (Å²) in [5, 5.41) is 31.2. The maximum Gasteiger partial charge on any atom is 0.330 e. The highest BCUT2D eigenvalue weighted by Gasteiger charge is 2.50. The van der Waals surface area contributed by atoms with Crippen LogP contribution >= 0.6 is 0 Å². The third-order valence-electron chi connectivity index (χ3n) is 9.79. The summed E-state index contributed by atoms with van der Waals surface area (Å²) in [5.41, 5.74) is 3.10. The van der Waals surface area contributed by atoms with Crippen molar-refractivity contribution in [3.63, 3.8) is 0 Å². The number of carbonyl (C=O) groups excluding carboxylic acids is 1. The van der Waals surface area contributed by atoms with Crippen LogP contribution in [0.2, 0.25) is 0 Å². The summed E-state index contributed by atoms with van der Waals surface area (Å²) in [6, 6.07) is 0. The number of hydrogen-bond acceptors (Lipinski definition) is 5. The van der Waals surface area contributed by atoms with Gasteiger partial charge in [0.2, 0.25) is 0 Å². The smallest absolute Gasteiger partial charge is 0.330 e. The maximum absolute atomic E-state index is 11.7. The molecule has 4 fully saturated rings. The molecule has 0 amide bonds. The number of hydrogen-bond donors (Lipinski definition) is 3. The second kappa shape index (κ2) is 11.4. The minimum atomic E-state index is -0.653. The average molecular weight is 511 g/mol. The molecule has 4 rings (SSSR count). The normalized spacial score (nSPS) is 37.3. The monoisotopic (exact) mass is 510 g/mol. The Balaban J connectivity index is 1.43. The van der Waals surface area contributed by atoms with Crippen LogP contribution in [0.25, 0.3) is 0 Å². The molecule has 0 saturated heterocycles. The summed E-state index contributed by atoms with van der Waals surface area (Å²) >= 11 is 0. The highest BCUT2D eigenvalue weighted by molar-refractivity contribution is 5.82. The molecule has 0 heterocycles. The van der Waals surface area contributed by atoms with Gasteiger partial charge in [-0.1, -0.05) is 56.4 Å². The van der Waals surface area contributed by atoms with Crippen molar-refractivity contribution in [3.8, 4) is 0 Å². The molecular formula is C32H46O5. The number of rotatable bonds is 8. The zero-order valence-corrected chi connectivity index (χ0v) is 22.9. The van der Waals surface area contributed by atoms with Crippen LogP contribution in [0.15, 0.2) is 59.8 Å². The van der Waals surface area contributed by atoms with Crippen LogP contribution in [0.4, 0.5) is 0 Å². The van der Waals surface area contributed by atoms with E-state index in [0.717, 1.165) is 30.4 Å². The Morgan fingerprint density at radius 1 is 1.19 bits per heavy atom. The minimum Gasteiger partial charge on any atom is -0.463 e. The largest absolute Gasteiger partial charge is 0.463 e. The molecule has 4 aliphatic rings. The van der Waals surface area contributed by atoms with Crippen molar-refractivity contribution in [2.45, 2.75) is 96.9 Å². The second-order valence-corrected chi connectivity index (χ2v) is 12.2. The molecule has 3 N–H and O–H groups in total. The molecule has 0 aromatic carbocycles. The molecule has 7 atom stereocenters. The lowest BCUT2D eigenvalue weighted by atomic mass is 9.61. The highest BCUT2D eigenvalue weighted by Crippen LogP contribution is 2.59. The average Bonchev–Trinajstić information content (AvgIpc) is 3.57. The van der Waals surface area contributed by atoms with E-state index in [-0.39, 0.29) is 16.8 Å². The molecule has 0 aromatic heterocycles. The summed E-state index contributed by atoms with van der Waals surface area (Å²) in [6.45, 7) is 10.9. The van der Waals surface area contributed by atoms with Gasteiger partial charge in [0.15, 0.2) is 0 Å². The van der Waals surface area contributed by atoms with E-state index in [1.54, 1.807) is 6.92 Å². The first-order valence-electron chi connectivity index (χ1n) is 14.3. The number of esters is 1. The lowest BCUT2D eigenvalue weighted by Crippen LogP contribution is -2.35. The Morgan fingerprint density at radius 3 is 2.65 bits per heavy atom. The first kappa shape index (κ1) is 28.1. The van der Waals surface area contributed by atoms with Crippen LogP contribution in [0, 0.1) is 28.6 Å². The predicted octanol–water partition coefficient (Wildman–Crippen LogP) is 5.58. The molecule has 0 radical (unpaired) electrons. The molecule has 0 spiro atoms. The summed E-state index contributed by atoms with van der Waals surface area (Å²) < 4.78 is 4.99. The molecule has 4 aliphatic carbocycles. The Kier molecular flexibility index (Phi) is 8.67. The van der Waals surface area contributed by atoms with E-state index in [4.69, 9.17) is 4.74 Å². The van der Waals surface area contributed by atoms with Crippen LogP contribution in [0.3, 0.4) is 0 Å². The van der Waals surface area contributed by atoms with Crippen LogP contribution in [-0.4, -0.2) is 46.2 Å². The van der Waals surface area contributed by atoms with Gasteiger partial charge in [-0.15, -0.1) is 0 Å². The van der Waals surface area contributed by atoms with E-state index in [2.05, 4.69) is 38.7 Å². The van der Waals surface area contributed by atoms with Crippen LogP contribution in [0.1, 0.15) is 78.6 Å². The van der Waals surface area contributed by atoms with Crippen molar-refractivity contribution < 1.29 is 24.9 Å². The Labute approximate surface area is 222 Å². The fraction of sp³-hybridized carbons (Fsp3) is 0.656. The fourth-order valence-electron chi connectivity index (χ4n) is 7.34. The number of ether oxygens (including phenoxy) is 1. The van der Waals surface area contributed by atoms with E-state index >= 15 is 0 Å². The fourth-order valence-corrected chi connectivity index (χ4v) is 7.34. The molecule has 5 heteroatoms. The summed E-state index contributed by atoms with van der Waals surface area (Å²) in [4.78, 5) is 11.7. The van der Waals surface area contributed by atoms with Crippen molar-refractivity contribution in [1.82, 2.24) is 0 Å². The minimum absolute atomic E-state index is 0.223. The first-order chi connectivity index (χ1) is 17.6. The molecule has 5 nitrogen and oxygen atoms in total. The molecule has 0 aromatic rings. The van der Waals surface area contributed by atoms with Crippen LogP contribution in [-0.2, 0) is 9.53 Å². The van der Waals surface area contributed by atoms with E-state index < -0.39 is 18.3 Å². The lowest BCUT2D eigenvalue weighted by molar-refractivity contribution is -0.137. The third kappa shape index (κ3) is 6.05. The van der Waals surface area contributed by atoms with Gasteiger partial charge in [-0.05, 0) is 92.6 Å². The van der Waals surface area contributed by atoms with Gasteiger partial charge < -0.3 is 20.1 Å². The highest BCUT2D eigenvalue weighted by atomic mass is 16.5. The molecule has 37 heavy (non-hydrogen) atoms. The Morgan fingerprint density at radius 2 is 1.95 bits per heavy atom. The van der Waals surface area contributed by atoms with Crippen molar-refractivity contribution in [2.75, 3.05) is 6.61 Å².